The molecule has 3 aromatic rings. The molecular formula is C20H19F2N3O2. The van der Waals surface area contributed by atoms with Crippen molar-refractivity contribution < 1.29 is 13.6 Å². The highest BCUT2D eigenvalue weighted by molar-refractivity contribution is 6.03. The Bertz CT molecular complexity index is 1140. The van der Waals surface area contributed by atoms with Crippen LogP contribution in [0.4, 0.5) is 8.78 Å². The number of primary amides is 1. The van der Waals surface area contributed by atoms with E-state index in [9.17, 15) is 18.4 Å². The molecule has 1 aromatic carbocycles. The molecule has 3 N–H and O–H groups in total. The van der Waals surface area contributed by atoms with Crippen LogP contribution in [-0.4, -0.2) is 15.9 Å². The van der Waals surface area contributed by atoms with Crippen molar-refractivity contribution in [2.75, 3.05) is 0 Å². The first-order chi connectivity index (χ1) is 12.5. The summed E-state index contributed by atoms with van der Waals surface area (Å²) in [6, 6.07) is 3.90. The van der Waals surface area contributed by atoms with E-state index in [1.165, 1.54) is 31.3 Å². The molecule has 0 saturated carbocycles. The van der Waals surface area contributed by atoms with Gasteiger partial charge in [0.15, 0.2) is 5.43 Å². The van der Waals surface area contributed by atoms with Gasteiger partial charge in [0.1, 0.15) is 17.3 Å². The van der Waals surface area contributed by atoms with Gasteiger partial charge in [-0.25, -0.2) is 8.78 Å². The lowest BCUT2D eigenvalue weighted by molar-refractivity contribution is 0.0997. The highest BCUT2D eigenvalue weighted by atomic mass is 19.1. The summed E-state index contributed by atoms with van der Waals surface area (Å²) >= 11 is 0. The van der Waals surface area contributed by atoms with Crippen LogP contribution >= 0.6 is 0 Å². The summed E-state index contributed by atoms with van der Waals surface area (Å²) in [5.41, 5.74) is 4.88. The standard InChI is InChI=1S/C20H19F2N3O2/c1-9-10(7-11(21)16(17(9)22)20(2,3)4)13-8-14(26)15-12(25-13)5-6-24-18(15)19(23)27/h5-8H,1-4H3,(H2,23,27)(H,25,26). The molecule has 0 aliphatic heterocycles. The van der Waals surface area contributed by atoms with Crippen molar-refractivity contribution in [3.05, 3.63) is 63.1 Å². The highest BCUT2D eigenvalue weighted by Crippen LogP contribution is 2.34. The Labute approximate surface area is 154 Å². The maximum absolute atomic E-state index is 14.9. The van der Waals surface area contributed by atoms with Crippen molar-refractivity contribution in [3.63, 3.8) is 0 Å². The Kier molecular flexibility index (Phi) is 4.34. The fourth-order valence-electron chi connectivity index (χ4n) is 3.22. The fraction of sp³-hybridized carbons (Fsp3) is 0.250. The minimum absolute atomic E-state index is 0.00731. The number of halogens is 2. The van der Waals surface area contributed by atoms with Crippen LogP contribution in [0.15, 0.2) is 29.2 Å². The normalized spacial score (nSPS) is 11.8. The van der Waals surface area contributed by atoms with E-state index < -0.39 is 28.4 Å². The molecular weight excluding hydrogens is 352 g/mol. The van der Waals surface area contributed by atoms with Gasteiger partial charge in [-0.3, -0.25) is 14.6 Å². The van der Waals surface area contributed by atoms with Crippen molar-refractivity contribution in [3.8, 4) is 11.3 Å². The summed E-state index contributed by atoms with van der Waals surface area (Å²) in [5.74, 6) is -2.17. The molecule has 0 fully saturated rings. The van der Waals surface area contributed by atoms with Crippen LogP contribution in [0, 0.1) is 18.6 Å². The van der Waals surface area contributed by atoms with Gasteiger partial charge >= 0.3 is 0 Å². The monoisotopic (exact) mass is 371 g/mol. The van der Waals surface area contributed by atoms with E-state index in [0.717, 1.165) is 0 Å². The third-order valence-electron chi connectivity index (χ3n) is 4.48. The highest BCUT2D eigenvalue weighted by Gasteiger charge is 2.26. The summed E-state index contributed by atoms with van der Waals surface area (Å²) in [6.07, 6.45) is 1.33. The van der Waals surface area contributed by atoms with E-state index >= 15 is 0 Å². The molecule has 2 heterocycles. The SMILES string of the molecule is Cc1c(-c2cc(=O)c3c(C(N)=O)nccc3[nH]2)cc(F)c(C(C)(C)C)c1F. The molecule has 140 valence electrons. The number of fused-ring (bicyclic) bond motifs is 1. The summed E-state index contributed by atoms with van der Waals surface area (Å²) in [4.78, 5) is 30.8. The van der Waals surface area contributed by atoms with Gasteiger partial charge in [0.2, 0.25) is 0 Å². The number of nitrogens with two attached hydrogens (primary N) is 1. The van der Waals surface area contributed by atoms with Gasteiger partial charge in [0.25, 0.3) is 5.91 Å². The van der Waals surface area contributed by atoms with Gasteiger partial charge in [0, 0.05) is 23.4 Å². The maximum Gasteiger partial charge on any atom is 0.268 e. The molecule has 7 heteroatoms. The summed E-state index contributed by atoms with van der Waals surface area (Å²) in [7, 11) is 0. The van der Waals surface area contributed by atoms with Crippen LogP contribution in [0.2, 0.25) is 0 Å². The minimum Gasteiger partial charge on any atom is -0.364 e. The van der Waals surface area contributed by atoms with E-state index in [2.05, 4.69) is 9.97 Å². The zero-order chi connectivity index (χ0) is 20.1. The van der Waals surface area contributed by atoms with Gasteiger partial charge < -0.3 is 10.7 Å². The second-order valence-corrected chi connectivity index (χ2v) is 7.46. The number of pyridine rings is 2. The average Bonchev–Trinajstić information content (AvgIpc) is 2.56. The third kappa shape index (κ3) is 3.09. The topological polar surface area (TPSA) is 88.8 Å². The molecule has 0 aliphatic carbocycles. The molecule has 2 aromatic heterocycles. The van der Waals surface area contributed by atoms with E-state index in [-0.39, 0.29) is 33.5 Å². The van der Waals surface area contributed by atoms with Crippen LogP contribution in [0.5, 0.6) is 0 Å². The van der Waals surface area contributed by atoms with Crippen molar-refractivity contribution in [1.82, 2.24) is 9.97 Å². The molecule has 1 amide bonds. The first-order valence-corrected chi connectivity index (χ1v) is 8.33. The second-order valence-electron chi connectivity index (χ2n) is 7.46. The number of carbonyl (C=O) groups is 1. The number of hydrogen-bond donors (Lipinski definition) is 2. The number of nitrogens with zero attached hydrogens (tertiary/aromatic N) is 1. The molecule has 3 rings (SSSR count). The Morgan fingerprint density at radius 1 is 1.22 bits per heavy atom. The van der Waals surface area contributed by atoms with E-state index in [1.54, 1.807) is 20.8 Å². The Morgan fingerprint density at radius 3 is 2.48 bits per heavy atom. The lowest BCUT2D eigenvalue weighted by Gasteiger charge is -2.23. The Morgan fingerprint density at radius 2 is 1.89 bits per heavy atom. The van der Waals surface area contributed by atoms with Crippen molar-refractivity contribution >= 4 is 16.8 Å². The molecule has 27 heavy (non-hydrogen) atoms. The molecule has 0 saturated heterocycles. The van der Waals surface area contributed by atoms with Crippen molar-refractivity contribution in [2.24, 2.45) is 5.73 Å². The van der Waals surface area contributed by atoms with Gasteiger partial charge in [0.05, 0.1) is 16.6 Å². The van der Waals surface area contributed by atoms with Gasteiger partial charge in [-0.15, -0.1) is 0 Å². The summed E-state index contributed by atoms with van der Waals surface area (Å²) < 4.78 is 29.5. The number of carbonyl (C=O) groups excluding carboxylic acids is 1. The summed E-state index contributed by atoms with van der Waals surface area (Å²) in [6.45, 7) is 6.71. The molecule has 0 atom stereocenters. The van der Waals surface area contributed by atoms with Crippen molar-refractivity contribution in [2.45, 2.75) is 33.1 Å². The van der Waals surface area contributed by atoms with Crippen LogP contribution in [-0.2, 0) is 5.41 Å². The largest absolute Gasteiger partial charge is 0.364 e. The average molecular weight is 371 g/mol. The third-order valence-corrected chi connectivity index (χ3v) is 4.48. The Balaban J connectivity index is 2.32. The lowest BCUT2D eigenvalue weighted by Crippen LogP contribution is -2.19. The number of amides is 1. The van der Waals surface area contributed by atoms with E-state index in [0.29, 0.717) is 5.52 Å². The number of H-pyrrole nitrogens is 1. The first kappa shape index (κ1) is 18.7. The number of aromatic amines is 1. The van der Waals surface area contributed by atoms with E-state index in [4.69, 9.17) is 5.73 Å². The summed E-state index contributed by atoms with van der Waals surface area (Å²) in [5, 5.41) is 0.0404. The zero-order valence-corrected chi connectivity index (χ0v) is 15.4. The number of benzene rings is 1. The number of hydrogen-bond acceptors (Lipinski definition) is 3. The number of rotatable bonds is 2. The molecule has 0 bridgehead atoms. The number of nitrogens with one attached hydrogen (secondary N) is 1. The van der Waals surface area contributed by atoms with Crippen LogP contribution in [0.1, 0.15) is 42.4 Å². The Hall–Kier alpha value is -3.09. The predicted molar refractivity (Wildman–Crippen MR) is 99.7 cm³/mol. The molecule has 5 nitrogen and oxygen atoms in total. The van der Waals surface area contributed by atoms with Gasteiger partial charge in [-0.05, 0) is 30.0 Å². The van der Waals surface area contributed by atoms with Gasteiger partial charge in [-0.2, -0.15) is 0 Å². The van der Waals surface area contributed by atoms with Crippen LogP contribution in [0.25, 0.3) is 22.2 Å². The minimum atomic E-state index is -0.832. The zero-order valence-electron chi connectivity index (χ0n) is 15.4. The van der Waals surface area contributed by atoms with Crippen LogP contribution < -0.4 is 11.2 Å². The van der Waals surface area contributed by atoms with Gasteiger partial charge in [-0.1, -0.05) is 20.8 Å². The fourth-order valence-corrected chi connectivity index (χ4v) is 3.22. The van der Waals surface area contributed by atoms with Crippen LogP contribution in [0.3, 0.4) is 0 Å². The smallest absolute Gasteiger partial charge is 0.268 e. The van der Waals surface area contributed by atoms with E-state index in [1.807, 2.05) is 0 Å². The quantitative estimate of drug-likeness (QED) is 0.722. The maximum atomic E-state index is 14.9. The molecule has 0 aliphatic rings. The molecule has 0 spiro atoms. The number of aromatic nitrogens is 2. The molecule has 0 radical (unpaired) electrons. The first-order valence-electron chi connectivity index (χ1n) is 8.33. The predicted octanol–water partition coefficient (Wildman–Crippen LogP) is 3.57. The lowest BCUT2D eigenvalue weighted by atomic mass is 9.83. The second kappa shape index (κ2) is 6.26. The molecule has 0 unspecified atom stereocenters. The van der Waals surface area contributed by atoms with Crippen molar-refractivity contribution in [1.29, 1.82) is 0 Å².